The molecule has 0 amide bonds. The van der Waals surface area contributed by atoms with E-state index in [9.17, 15) is 38.4 Å². The second-order valence-electron chi connectivity index (χ2n) is 12.2. The predicted molar refractivity (Wildman–Crippen MR) is 219 cm³/mol. The molecule has 0 aromatic heterocycles. The molecule has 6 aromatic carbocycles. The standard InChI is InChI=1S/C37H27N7O14S3/c1-20-14-31(42-43-36-34(60-58-56-51)16-23-15-25(9-13-29(23)37(36)47)39-38-24-7-11-28(45)12-8-24)32(46)19-30(20)41-40-26-6-4-21(33(17-26)59-57-55-50)2-3-22-5-10-27(44(48)49)18-35(22)61(52,53)54/h2-19,45-47,50-51H,1H3,(H,52,53,54). The molecule has 0 heterocycles. The summed E-state index contributed by atoms with van der Waals surface area (Å²) in [6.07, 6.45) is 2.69. The smallest absolute Gasteiger partial charge is 0.295 e. The number of nitro groups is 1. The van der Waals surface area contributed by atoms with E-state index in [1.165, 1.54) is 54.6 Å². The highest BCUT2D eigenvalue weighted by Gasteiger charge is 2.20. The first-order valence-electron chi connectivity index (χ1n) is 16.8. The summed E-state index contributed by atoms with van der Waals surface area (Å²) in [7, 11) is -4.84. The Kier molecular flexibility index (Phi) is 14.1. The Bertz CT molecular complexity index is 2860. The summed E-state index contributed by atoms with van der Waals surface area (Å²) < 4.78 is 42.7. The van der Waals surface area contributed by atoms with Gasteiger partial charge in [-0.3, -0.25) is 14.7 Å². The highest BCUT2D eigenvalue weighted by Crippen LogP contribution is 2.46. The van der Waals surface area contributed by atoms with Crippen molar-refractivity contribution in [3.8, 4) is 17.2 Å². The van der Waals surface area contributed by atoms with E-state index in [4.69, 9.17) is 10.5 Å². The Morgan fingerprint density at radius 1 is 0.672 bits per heavy atom. The minimum absolute atomic E-state index is 0.0163. The highest BCUT2D eigenvalue weighted by atomic mass is 32.2. The Morgan fingerprint density at radius 2 is 1.28 bits per heavy atom. The van der Waals surface area contributed by atoms with E-state index in [1.807, 2.05) is 0 Å². The summed E-state index contributed by atoms with van der Waals surface area (Å²) >= 11 is 1.06. The molecule has 0 bridgehead atoms. The monoisotopic (exact) mass is 889 g/mol. The second-order valence-corrected chi connectivity index (χ2v) is 15.1. The molecule has 0 spiro atoms. The van der Waals surface area contributed by atoms with Gasteiger partial charge in [0.25, 0.3) is 15.8 Å². The largest absolute Gasteiger partial charge is 0.508 e. The number of aryl methyl sites for hydroxylation is 1. The highest BCUT2D eigenvalue weighted by molar-refractivity contribution is 7.95. The first-order chi connectivity index (χ1) is 29.2. The van der Waals surface area contributed by atoms with Gasteiger partial charge in [-0.15, -0.1) is 18.9 Å². The molecule has 0 atom stereocenters. The number of fused-ring (bicyclic) bond motifs is 1. The van der Waals surface area contributed by atoms with Crippen LogP contribution in [0, 0.1) is 17.0 Å². The first-order valence-corrected chi connectivity index (χ1v) is 19.7. The van der Waals surface area contributed by atoms with Gasteiger partial charge in [0.1, 0.15) is 27.8 Å². The van der Waals surface area contributed by atoms with Crippen LogP contribution in [0.25, 0.3) is 22.9 Å². The summed E-state index contributed by atoms with van der Waals surface area (Å²) in [5.74, 6) is -0.604. The molecule has 6 aromatic rings. The fourth-order valence-electron chi connectivity index (χ4n) is 5.35. The number of phenolic OH excluding ortho intramolecular Hbond substituents is 3. The zero-order valence-corrected chi connectivity index (χ0v) is 33.1. The van der Waals surface area contributed by atoms with Crippen LogP contribution >= 0.6 is 24.1 Å². The van der Waals surface area contributed by atoms with Crippen molar-refractivity contribution in [2.75, 3.05) is 0 Å². The van der Waals surface area contributed by atoms with E-state index in [1.54, 1.807) is 43.3 Å². The molecule has 0 radical (unpaired) electrons. The molecule has 0 saturated carbocycles. The summed E-state index contributed by atoms with van der Waals surface area (Å²) in [4.78, 5) is 10.1. The number of nitro benzene ring substituents is 1. The number of azo groups is 3. The van der Waals surface area contributed by atoms with Crippen molar-refractivity contribution in [2.45, 2.75) is 21.6 Å². The predicted octanol–water partition coefficient (Wildman–Crippen LogP) is 11.7. The van der Waals surface area contributed by atoms with Gasteiger partial charge in [-0.25, -0.2) is 10.5 Å². The molecule has 0 saturated heterocycles. The Labute approximate surface area is 351 Å². The van der Waals surface area contributed by atoms with E-state index in [2.05, 4.69) is 49.4 Å². The minimum atomic E-state index is -4.84. The molecule has 0 fully saturated rings. The van der Waals surface area contributed by atoms with Gasteiger partial charge in [-0.05, 0) is 102 Å². The summed E-state index contributed by atoms with van der Waals surface area (Å²) in [6.45, 7) is 1.66. The number of aromatic hydroxyl groups is 3. The van der Waals surface area contributed by atoms with Crippen LogP contribution in [-0.2, 0) is 28.9 Å². The van der Waals surface area contributed by atoms with Gasteiger partial charge in [0.05, 0.1) is 56.7 Å². The molecule has 61 heavy (non-hydrogen) atoms. The SMILES string of the molecule is Cc1cc(N=Nc2c(SOOO)cc3cc(N=Nc4ccc(O)cc4)ccc3c2O)c(O)cc1N=Nc1ccc(C=Cc2ccc([N+](=O)[O-])cc2S(=O)(=O)O)c(SOOO)c1. The van der Waals surface area contributed by atoms with Gasteiger partial charge in [0, 0.05) is 28.5 Å². The molecule has 6 N–H and O–H groups in total. The third kappa shape index (κ3) is 11.1. The van der Waals surface area contributed by atoms with E-state index in [0.717, 1.165) is 18.2 Å². The molecule has 0 aliphatic rings. The number of phenols is 3. The number of non-ortho nitro benzene ring substituents is 1. The number of benzene rings is 6. The minimum Gasteiger partial charge on any atom is -0.508 e. The van der Waals surface area contributed by atoms with E-state index < -0.39 is 25.6 Å². The number of rotatable bonds is 16. The van der Waals surface area contributed by atoms with E-state index >= 15 is 0 Å². The molecule has 312 valence electrons. The molecule has 24 heteroatoms. The first kappa shape index (κ1) is 43.9. The van der Waals surface area contributed by atoms with Crippen LogP contribution in [-0.4, -0.2) is 43.7 Å². The van der Waals surface area contributed by atoms with Crippen LogP contribution in [0.15, 0.2) is 142 Å². The average molecular weight is 890 g/mol. The van der Waals surface area contributed by atoms with Gasteiger partial charge in [-0.1, -0.05) is 28.3 Å². The molecule has 6 rings (SSSR count). The van der Waals surface area contributed by atoms with E-state index in [-0.39, 0.29) is 55.4 Å². The summed E-state index contributed by atoms with van der Waals surface area (Å²) in [5, 5.41) is 93.6. The molecule has 0 aliphatic heterocycles. The Hall–Kier alpha value is -6.71. The molecule has 21 nitrogen and oxygen atoms in total. The van der Waals surface area contributed by atoms with Gasteiger partial charge >= 0.3 is 0 Å². The quantitative estimate of drug-likeness (QED) is 0.0100. The maximum atomic E-state index is 11.9. The maximum absolute atomic E-state index is 11.9. The fourth-order valence-corrected chi connectivity index (χ4v) is 7.05. The zero-order chi connectivity index (χ0) is 43.7. The third-order valence-corrected chi connectivity index (χ3v) is 10.4. The van der Waals surface area contributed by atoms with Crippen LogP contribution in [0.4, 0.5) is 39.8 Å². The van der Waals surface area contributed by atoms with E-state index in [0.29, 0.717) is 57.4 Å². The second kappa shape index (κ2) is 19.6. The van der Waals surface area contributed by atoms with Crippen molar-refractivity contribution in [3.63, 3.8) is 0 Å². The van der Waals surface area contributed by atoms with Gasteiger partial charge in [-0.2, -0.15) is 28.9 Å². The van der Waals surface area contributed by atoms with Crippen LogP contribution in [0.1, 0.15) is 16.7 Å². The Balaban J connectivity index is 1.24. The maximum Gasteiger partial charge on any atom is 0.295 e. The number of nitrogens with zero attached hydrogens (tertiary/aromatic N) is 7. The van der Waals surface area contributed by atoms with Gasteiger partial charge in [0.2, 0.25) is 0 Å². The third-order valence-electron chi connectivity index (χ3n) is 8.22. The van der Waals surface area contributed by atoms with Crippen molar-refractivity contribution < 1.29 is 62.5 Å². The van der Waals surface area contributed by atoms with Crippen molar-refractivity contribution in [2.24, 2.45) is 30.7 Å². The Morgan fingerprint density at radius 3 is 1.98 bits per heavy atom. The topological polar surface area (TPSA) is 310 Å². The van der Waals surface area contributed by atoms with Crippen molar-refractivity contribution in [1.82, 2.24) is 0 Å². The molecular formula is C37H27N7O14S3. The average Bonchev–Trinajstić information content (AvgIpc) is 3.23. The summed E-state index contributed by atoms with van der Waals surface area (Å²) in [5.41, 5.74) is 1.53. The lowest BCUT2D eigenvalue weighted by Crippen LogP contribution is -2.02. The van der Waals surface area contributed by atoms with Crippen molar-refractivity contribution in [1.29, 1.82) is 0 Å². The van der Waals surface area contributed by atoms with Crippen LogP contribution in [0.5, 0.6) is 17.2 Å². The van der Waals surface area contributed by atoms with Gasteiger partial charge in [0.15, 0.2) is 5.75 Å². The number of hydrogen-bond donors (Lipinski definition) is 6. The van der Waals surface area contributed by atoms with Crippen LogP contribution in [0.3, 0.4) is 0 Å². The lowest BCUT2D eigenvalue weighted by molar-refractivity contribution is -0.432. The summed E-state index contributed by atoms with van der Waals surface area (Å²) in [6, 6.07) is 22.6. The molecular weight excluding hydrogens is 863 g/mol. The van der Waals surface area contributed by atoms with Crippen molar-refractivity contribution in [3.05, 3.63) is 124 Å². The van der Waals surface area contributed by atoms with Crippen molar-refractivity contribution >= 4 is 96.9 Å². The molecule has 0 aliphatic carbocycles. The lowest BCUT2D eigenvalue weighted by Gasteiger charge is -2.10. The molecule has 0 unspecified atom stereocenters. The number of hydrogen-bond acceptors (Lipinski definition) is 21. The zero-order valence-electron chi connectivity index (χ0n) is 30.7. The van der Waals surface area contributed by atoms with Gasteiger partial charge < -0.3 is 15.3 Å². The lowest BCUT2D eigenvalue weighted by atomic mass is 10.1. The fraction of sp³-hybridized carbons (Fsp3) is 0.0270. The normalized spacial score (nSPS) is 12.2. The van der Waals surface area contributed by atoms with Crippen LogP contribution in [0.2, 0.25) is 0 Å². The van der Waals surface area contributed by atoms with Crippen LogP contribution < -0.4 is 0 Å².